The van der Waals surface area contributed by atoms with Crippen LogP contribution in [0.3, 0.4) is 0 Å². The number of para-hydroxylation sites is 1. The zero-order valence-electron chi connectivity index (χ0n) is 14.4. The molecule has 0 bridgehead atoms. The zero-order chi connectivity index (χ0) is 17.3. The second-order valence-corrected chi connectivity index (χ2v) is 6.75. The van der Waals surface area contributed by atoms with Crippen LogP contribution in [0.2, 0.25) is 5.02 Å². The van der Waals surface area contributed by atoms with E-state index in [9.17, 15) is 0 Å². The van der Waals surface area contributed by atoms with Gasteiger partial charge in [-0.25, -0.2) is 0 Å². The van der Waals surface area contributed by atoms with Crippen LogP contribution in [0.5, 0.6) is 0 Å². The van der Waals surface area contributed by atoms with Gasteiger partial charge in [-0.3, -0.25) is 0 Å². The number of benzene rings is 2. The molecule has 0 radical (unpaired) electrons. The molecule has 1 aromatic heterocycles. The van der Waals surface area contributed by atoms with Crippen LogP contribution in [0.25, 0.3) is 11.4 Å². The Morgan fingerprint density at radius 3 is 2.25 bits per heavy atom. The Balaban J connectivity index is 2.03. The molecule has 124 valence electrons. The van der Waals surface area contributed by atoms with E-state index in [4.69, 9.17) is 11.6 Å². The molecule has 0 saturated carbocycles. The third-order valence-electron chi connectivity index (χ3n) is 4.52. The van der Waals surface area contributed by atoms with Crippen molar-refractivity contribution < 1.29 is 0 Å². The second-order valence-electron chi connectivity index (χ2n) is 6.34. The smallest absolute Gasteiger partial charge is 0.165 e. The van der Waals surface area contributed by atoms with Gasteiger partial charge in [0.1, 0.15) is 0 Å². The first-order valence-electron chi connectivity index (χ1n) is 7.86. The molecular formula is C19H21ClN4. The van der Waals surface area contributed by atoms with Gasteiger partial charge in [0.25, 0.3) is 0 Å². The zero-order valence-corrected chi connectivity index (χ0v) is 15.1. The molecule has 0 spiro atoms. The monoisotopic (exact) mass is 340 g/mol. The van der Waals surface area contributed by atoms with Crippen LogP contribution in [-0.2, 0) is 12.6 Å². The molecule has 0 aliphatic rings. The summed E-state index contributed by atoms with van der Waals surface area (Å²) in [6.07, 6.45) is 0. The van der Waals surface area contributed by atoms with Crippen molar-refractivity contribution in [2.45, 2.75) is 19.4 Å². The fraction of sp³-hybridized carbons (Fsp3) is 0.263. The minimum Gasteiger partial charge on any atom is -0.362 e. The minimum absolute atomic E-state index is 0.331. The summed E-state index contributed by atoms with van der Waals surface area (Å²) in [7, 11) is 4.05. The molecule has 5 heteroatoms. The van der Waals surface area contributed by atoms with Crippen molar-refractivity contribution in [2.75, 3.05) is 11.9 Å². The molecular weight excluding hydrogens is 320 g/mol. The van der Waals surface area contributed by atoms with E-state index in [1.165, 1.54) is 0 Å². The lowest BCUT2D eigenvalue weighted by atomic mass is 10.0. The lowest BCUT2D eigenvalue weighted by molar-refractivity contribution is 0.463. The lowest BCUT2D eigenvalue weighted by Crippen LogP contribution is -2.40. The third kappa shape index (κ3) is 2.78. The molecule has 0 aliphatic heterocycles. The van der Waals surface area contributed by atoms with Crippen molar-refractivity contribution in [2.24, 2.45) is 7.05 Å². The fourth-order valence-corrected chi connectivity index (χ4v) is 3.08. The van der Waals surface area contributed by atoms with Gasteiger partial charge in [0, 0.05) is 25.3 Å². The first kappa shape index (κ1) is 16.5. The predicted molar refractivity (Wildman–Crippen MR) is 99.3 cm³/mol. The Kier molecular flexibility index (Phi) is 4.33. The number of rotatable bonds is 4. The van der Waals surface area contributed by atoms with Crippen LogP contribution < -0.4 is 4.90 Å². The molecule has 24 heavy (non-hydrogen) atoms. The second kappa shape index (κ2) is 6.29. The van der Waals surface area contributed by atoms with E-state index in [0.29, 0.717) is 5.02 Å². The van der Waals surface area contributed by atoms with Crippen molar-refractivity contribution in [1.82, 2.24) is 14.8 Å². The first-order chi connectivity index (χ1) is 11.4. The van der Waals surface area contributed by atoms with Crippen LogP contribution in [0.4, 0.5) is 5.69 Å². The van der Waals surface area contributed by atoms with E-state index in [2.05, 4.69) is 48.1 Å². The van der Waals surface area contributed by atoms with Crippen LogP contribution in [0.15, 0.2) is 54.6 Å². The number of aromatic nitrogens is 3. The summed E-state index contributed by atoms with van der Waals surface area (Å²) < 4.78 is 2.01. The van der Waals surface area contributed by atoms with Crippen LogP contribution >= 0.6 is 11.6 Å². The van der Waals surface area contributed by atoms with Crippen LogP contribution in [-0.4, -0.2) is 21.8 Å². The summed E-state index contributed by atoms with van der Waals surface area (Å²) in [5.41, 5.74) is 1.69. The Labute approximate surface area is 147 Å². The Morgan fingerprint density at radius 1 is 0.958 bits per heavy atom. The summed E-state index contributed by atoms with van der Waals surface area (Å²) in [6, 6.07) is 18.0. The van der Waals surface area contributed by atoms with Gasteiger partial charge in [-0.2, -0.15) is 0 Å². The summed E-state index contributed by atoms with van der Waals surface area (Å²) in [6.45, 7) is 4.28. The Bertz CT molecular complexity index is 840. The van der Waals surface area contributed by atoms with Gasteiger partial charge in [0.05, 0.1) is 10.6 Å². The van der Waals surface area contributed by atoms with E-state index in [1.807, 2.05) is 54.1 Å². The molecule has 3 rings (SSSR count). The van der Waals surface area contributed by atoms with Gasteiger partial charge in [0.15, 0.2) is 11.6 Å². The Hall–Kier alpha value is -2.33. The molecule has 0 saturated heterocycles. The maximum atomic E-state index is 6.32. The molecule has 0 fully saturated rings. The van der Waals surface area contributed by atoms with Crippen molar-refractivity contribution >= 4 is 17.3 Å². The number of hydrogen-bond acceptors (Lipinski definition) is 3. The quantitative estimate of drug-likeness (QED) is 0.701. The Morgan fingerprint density at radius 2 is 1.58 bits per heavy atom. The molecule has 0 aliphatic carbocycles. The largest absolute Gasteiger partial charge is 0.362 e. The van der Waals surface area contributed by atoms with Gasteiger partial charge < -0.3 is 9.47 Å². The minimum atomic E-state index is -0.331. The molecule has 4 nitrogen and oxygen atoms in total. The number of hydrogen-bond donors (Lipinski definition) is 0. The maximum Gasteiger partial charge on any atom is 0.165 e. The van der Waals surface area contributed by atoms with Crippen LogP contribution in [0.1, 0.15) is 19.7 Å². The lowest BCUT2D eigenvalue weighted by Gasteiger charge is -2.36. The van der Waals surface area contributed by atoms with E-state index in [0.717, 1.165) is 22.9 Å². The number of nitrogens with zero attached hydrogens (tertiary/aromatic N) is 4. The van der Waals surface area contributed by atoms with Gasteiger partial charge >= 0.3 is 0 Å². The van der Waals surface area contributed by atoms with Crippen LogP contribution in [0, 0.1) is 0 Å². The molecule has 0 unspecified atom stereocenters. The molecule has 0 atom stereocenters. The number of halogens is 1. The predicted octanol–water partition coefficient (Wildman–Crippen LogP) is 4.51. The van der Waals surface area contributed by atoms with Crippen molar-refractivity contribution in [3.05, 3.63) is 65.4 Å². The summed E-state index contributed by atoms with van der Waals surface area (Å²) in [4.78, 5) is 2.20. The molecule has 0 N–H and O–H groups in total. The molecule has 2 aromatic carbocycles. The summed E-state index contributed by atoms with van der Waals surface area (Å²) in [5.74, 6) is 1.65. The molecule has 3 aromatic rings. The van der Waals surface area contributed by atoms with E-state index in [1.54, 1.807) is 0 Å². The highest BCUT2D eigenvalue weighted by atomic mass is 35.5. The normalized spacial score (nSPS) is 11.5. The van der Waals surface area contributed by atoms with E-state index < -0.39 is 0 Å². The highest BCUT2D eigenvalue weighted by Crippen LogP contribution is 2.33. The van der Waals surface area contributed by atoms with Gasteiger partial charge in [-0.1, -0.05) is 41.9 Å². The van der Waals surface area contributed by atoms with Gasteiger partial charge in [0.2, 0.25) is 0 Å². The number of anilines is 1. The van der Waals surface area contributed by atoms with Crippen molar-refractivity contribution in [1.29, 1.82) is 0 Å². The fourth-order valence-electron chi connectivity index (χ4n) is 2.86. The van der Waals surface area contributed by atoms with Gasteiger partial charge in [-0.05, 0) is 38.1 Å². The average Bonchev–Trinajstić information content (AvgIpc) is 2.97. The standard InChI is InChI=1S/C19H21ClN4/c1-19(2,24(4)14-10-6-5-7-11-14)18-22-21-17(23(18)3)15-12-8-9-13-16(15)20/h5-13H,1-4H3. The maximum absolute atomic E-state index is 6.32. The third-order valence-corrected chi connectivity index (χ3v) is 4.85. The average molecular weight is 341 g/mol. The first-order valence-corrected chi connectivity index (χ1v) is 8.24. The topological polar surface area (TPSA) is 34.0 Å². The van der Waals surface area contributed by atoms with Gasteiger partial charge in [-0.15, -0.1) is 10.2 Å². The molecule has 1 heterocycles. The van der Waals surface area contributed by atoms with Crippen molar-refractivity contribution in [3.63, 3.8) is 0 Å². The van der Waals surface area contributed by atoms with E-state index in [-0.39, 0.29) is 5.54 Å². The van der Waals surface area contributed by atoms with Crippen molar-refractivity contribution in [3.8, 4) is 11.4 Å². The molecule has 0 amide bonds. The van der Waals surface area contributed by atoms with E-state index >= 15 is 0 Å². The summed E-state index contributed by atoms with van der Waals surface area (Å²) >= 11 is 6.32. The highest BCUT2D eigenvalue weighted by Gasteiger charge is 2.32. The summed E-state index contributed by atoms with van der Waals surface area (Å²) in [5, 5.41) is 9.53. The highest BCUT2D eigenvalue weighted by molar-refractivity contribution is 6.33. The SMILES string of the molecule is CN(c1ccccc1)C(C)(C)c1nnc(-c2ccccc2Cl)n1C.